The van der Waals surface area contributed by atoms with Gasteiger partial charge in [-0.2, -0.15) is 10.2 Å². The van der Waals surface area contributed by atoms with E-state index in [0.717, 1.165) is 18.2 Å². The molecule has 29 heavy (non-hydrogen) atoms. The Labute approximate surface area is 168 Å². The molecule has 0 saturated carbocycles. The minimum absolute atomic E-state index is 0.0511. The number of benzene rings is 1. The van der Waals surface area contributed by atoms with Crippen molar-refractivity contribution < 1.29 is 4.79 Å². The lowest BCUT2D eigenvalue weighted by Gasteiger charge is -2.18. The molecule has 0 fully saturated rings. The van der Waals surface area contributed by atoms with Gasteiger partial charge in [0.2, 0.25) is 11.9 Å². The summed E-state index contributed by atoms with van der Waals surface area (Å²) in [5.41, 5.74) is 1.84. The second-order valence-electron chi connectivity index (χ2n) is 6.66. The third kappa shape index (κ3) is 4.24. The first-order valence-corrected chi connectivity index (χ1v) is 9.43. The predicted octanol–water partition coefficient (Wildman–Crippen LogP) is 3.73. The third-order valence-electron chi connectivity index (χ3n) is 4.68. The molecule has 2 heterocycles. The summed E-state index contributed by atoms with van der Waals surface area (Å²) in [6, 6.07) is 10.3. The highest BCUT2D eigenvalue weighted by molar-refractivity contribution is 5.91. The number of fused-ring (bicyclic) bond motifs is 1. The number of nitrogens with zero attached hydrogens (tertiary/aromatic N) is 4. The molecule has 148 valence electrons. The van der Waals surface area contributed by atoms with Crippen molar-refractivity contribution in [2.24, 2.45) is 0 Å². The van der Waals surface area contributed by atoms with Gasteiger partial charge < -0.3 is 10.6 Å². The molecule has 0 unspecified atom stereocenters. The highest BCUT2D eigenvalue weighted by Crippen LogP contribution is 2.24. The average molecular weight is 390 g/mol. The van der Waals surface area contributed by atoms with Gasteiger partial charge in [-0.05, 0) is 37.1 Å². The van der Waals surface area contributed by atoms with Gasteiger partial charge >= 0.3 is 0 Å². The average Bonchev–Trinajstić information content (AvgIpc) is 2.70. The summed E-state index contributed by atoms with van der Waals surface area (Å²) in [7, 11) is 0. The van der Waals surface area contributed by atoms with E-state index < -0.39 is 0 Å². The first-order chi connectivity index (χ1) is 14.0. The number of hydrogen-bond acceptors (Lipinski definition) is 6. The van der Waals surface area contributed by atoms with Crippen LogP contribution in [0, 0.1) is 11.3 Å². The summed E-state index contributed by atoms with van der Waals surface area (Å²) >= 11 is 0. The molecule has 3 rings (SSSR count). The van der Waals surface area contributed by atoms with Crippen molar-refractivity contribution in [1.82, 2.24) is 14.5 Å². The smallest absolute Gasteiger partial charge is 0.252 e. The molecule has 0 bridgehead atoms. The van der Waals surface area contributed by atoms with Crippen molar-refractivity contribution in [3.63, 3.8) is 0 Å². The van der Waals surface area contributed by atoms with Gasteiger partial charge in [-0.15, -0.1) is 0 Å². The predicted molar refractivity (Wildman–Crippen MR) is 112 cm³/mol. The Bertz CT molecular complexity index is 1160. The lowest BCUT2D eigenvalue weighted by Crippen LogP contribution is -2.24. The molecule has 8 heteroatoms. The normalized spacial score (nSPS) is 10.7. The van der Waals surface area contributed by atoms with Crippen LogP contribution in [-0.4, -0.2) is 20.4 Å². The fraction of sp³-hybridized carbons (Fsp3) is 0.286. The van der Waals surface area contributed by atoms with Crippen molar-refractivity contribution in [2.75, 3.05) is 10.6 Å². The maximum atomic E-state index is 12.5. The molecule has 2 aromatic heterocycles. The molecule has 0 aliphatic heterocycles. The number of pyridine rings is 1. The van der Waals surface area contributed by atoms with Gasteiger partial charge in [0, 0.05) is 36.3 Å². The van der Waals surface area contributed by atoms with Gasteiger partial charge in [0.1, 0.15) is 11.7 Å². The zero-order chi connectivity index (χ0) is 21.0. The van der Waals surface area contributed by atoms with E-state index in [0.29, 0.717) is 28.5 Å². The van der Waals surface area contributed by atoms with Gasteiger partial charge in [0.05, 0.1) is 11.3 Å². The Kier molecular flexibility index (Phi) is 5.88. The van der Waals surface area contributed by atoms with Crippen molar-refractivity contribution in [3.8, 4) is 6.07 Å². The molecule has 0 atom stereocenters. The standard InChI is InChI=1S/C21H22N6O2/c1-4-17(5-2)27-19(29)9-7-15-12-23-21(26-20(15)27)25-16-8-6-14(11-22)18(10-16)24-13(3)28/h6-10,12,17H,4-5H2,1-3H3,(H,24,28)(H,23,25,26). The van der Waals surface area contributed by atoms with Crippen LogP contribution in [0.4, 0.5) is 17.3 Å². The molecule has 0 aliphatic carbocycles. The van der Waals surface area contributed by atoms with Gasteiger partial charge in [0.15, 0.2) is 0 Å². The summed E-state index contributed by atoms with van der Waals surface area (Å²) in [4.78, 5) is 32.8. The van der Waals surface area contributed by atoms with E-state index >= 15 is 0 Å². The van der Waals surface area contributed by atoms with Crippen LogP contribution in [0.25, 0.3) is 11.0 Å². The molecule has 3 aromatic rings. The van der Waals surface area contributed by atoms with E-state index in [9.17, 15) is 14.9 Å². The van der Waals surface area contributed by atoms with Gasteiger partial charge in [-0.3, -0.25) is 14.2 Å². The number of amides is 1. The molecule has 0 spiro atoms. The van der Waals surface area contributed by atoms with Crippen LogP contribution >= 0.6 is 0 Å². The highest BCUT2D eigenvalue weighted by atomic mass is 16.1. The number of hydrogen-bond donors (Lipinski definition) is 2. The minimum atomic E-state index is -0.269. The number of nitriles is 1. The zero-order valence-corrected chi connectivity index (χ0v) is 16.6. The second-order valence-corrected chi connectivity index (χ2v) is 6.66. The quantitative estimate of drug-likeness (QED) is 0.663. The second kappa shape index (κ2) is 8.52. The molecule has 0 saturated heterocycles. The Balaban J connectivity index is 2.03. The van der Waals surface area contributed by atoms with Crippen LogP contribution in [0.1, 0.15) is 45.2 Å². The van der Waals surface area contributed by atoms with Crippen molar-refractivity contribution in [3.05, 3.63) is 52.4 Å². The van der Waals surface area contributed by atoms with Crippen LogP contribution in [-0.2, 0) is 4.79 Å². The Morgan fingerprint density at radius 2 is 2.00 bits per heavy atom. The summed E-state index contributed by atoms with van der Waals surface area (Å²) in [5, 5.41) is 15.7. The molecular formula is C21H22N6O2. The topological polar surface area (TPSA) is 113 Å². The van der Waals surface area contributed by atoms with Gasteiger partial charge in [0.25, 0.3) is 5.56 Å². The third-order valence-corrected chi connectivity index (χ3v) is 4.68. The Hall–Kier alpha value is -3.73. The van der Waals surface area contributed by atoms with Crippen LogP contribution in [0.2, 0.25) is 0 Å². The van der Waals surface area contributed by atoms with E-state index in [1.807, 2.05) is 19.9 Å². The van der Waals surface area contributed by atoms with Crippen LogP contribution in [0.15, 0.2) is 41.3 Å². The fourth-order valence-corrected chi connectivity index (χ4v) is 3.25. The molecule has 2 N–H and O–H groups in total. The largest absolute Gasteiger partial charge is 0.325 e. The number of aromatic nitrogens is 3. The minimum Gasteiger partial charge on any atom is -0.325 e. The summed E-state index contributed by atoms with van der Waals surface area (Å²) < 4.78 is 1.71. The zero-order valence-electron chi connectivity index (χ0n) is 16.6. The molecular weight excluding hydrogens is 368 g/mol. The van der Waals surface area contributed by atoms with Crippen LogP contribution in [0.5, 0.6) is 0 Å². The van der Waals surface area contributed by atoms with Crippen LogP contribution < -0.4 is 16.2 Å². The Morgan fingerprint density at radius 3 is 2.66 bits per heavy atom. The molecule has 0 aliphatic rings. The van der Waals surface area contributed by atoms with E-state index in [1.54, 1.807) is 35.0 Å². The van der Waals surface area contributed by atoms with Crippen molar-refractivity contribution >= 4 is 34.3 Å². The number of nitrogens with one attached hydrogen (secondary N) is 2. The SMILES string of the molecule is CCC(CC)n1c(=O)ccc2cnc(Nc3ccc(C#N)c(NC(C)=O)c3)nc21. The first-order valence-electron chi connectivity index (χ1n) is 9.43. The number of anilines is 3. The Morgan fingerprint density at radius 1 is 1.24 bits per heavy atom. The number of rotatable bonds is 6. The molecule has 1 amide bonds. The lowest BCUT2D eigenvalue weighted by molar-refractivity contribution is -0.114. The number of carbonyl (C=O) groups is 1. The maximum absolute atomic E-state index is 12.5. The number of carbonyl (C=O) groups excluding carboxylic acids is 1. The summed E-state index contributed by atoms with van der Waals surface area (Å²) in [6.07, 6.45) is 3.30. The first kappa shape index (κ1) is 20.0. The lowest BCUT2D eigenvalue weighted by atomic mass is 10.1. The molecule has 8 nitrogen and oxygen atoms in total. The monoisotopic (exact) mass is 390 g/mol. The van der Waals surface area contributed by atoms with E-state index in [4.69, 9.17) is 0 Å². The van der Waals surface area contributed by atoms with E-state index in [1.165, 1.54) is 13.0 Å². The summed E-state index contributed by atoms with van der Waals surface area (Å²) in [6.45, 7) is 5.46. The van der Waals surface area contributed by atoms with E-state index in [2.05, 4.69) is 20.6 Å². The highest BCUT2D eigenvalue weighted by Gasteiger charge is 2.14. The van der Waals surface area contributed by atoms with Crippen molar-refractivity contribution in [1.29, 1.82) is 5.26 Å². The van der Waals surface area contributed by atoms with Crippen molar-refractivity contribution in [2.45, 2.75) is 39.7 Å². The molecule has 1 aromatic carbocycles. The van der Waals surface area contributed by atoms with E-state index in [-0.39, 0.29) is 17.5 Å². The fourth-order valence-electron chi connectivity index (χ4n) is 3.25. The maximum Gasteiger partial charge on any atom is 0.252 e. The van der Waals surface area contributed by atoms with Crippen LogP contribution in [0.3, 0.4) is 0 Å². The molecule has 0 radical (unpaired) electrons. The van der Waals surface area contributed by atoms with Gasteiger partial charge in [-0.25, -0.2) is 4.98 Å². The summed E-state index contributed by atoms with van der Waals surface area (Å²) in [5.74, 6) is 0.0519. The van der Waals surface area contributed by atoms with Gasteiger partial charge in [-0.1, -0.05) is 13.8 Å².